The zero-order chi connectivity index (χ0) is 11.0. The van der Waals surface area contributed by atoms with E-state index in [0.717, 1.165) is 25.9 Å². The number of nitrogens with zero attached hydrogens (tertiary/aromatic N) is 1. The molecule has 84 valence electrons. The highest BCUT2D eigenvalue weighted by Crippen LogP contribution is 2.01. The maximum atomic E-state index is 10.5. The van der Waals surface area contributed by atoms with Crippen LogP contribution in [0.1, 0.15) is 26.7 Å². The zero-order valence-electron chi connectivity index (χ0n) is 9.07. The van der Waals surface area contributed by atoms with Crippen LogP contribution in [0.25, 0.3) is 0 Å². The molecule has 0 bridgehead atoms. The van der Waals surface area contributed by atoms with Crippen molar-refractivity contribution in [3.63, 3.8) is 0 Å². The summed E-state index contributed by atoms with van der Waals surface area (Å²) in [5.74, 6) is -0.307. The van der Waals surface area contributed by atoms with Crippen LogP contribution < -0.4 is 0 Å². The van der Waals surface area contributed by atoms with Crippen LogP contribution in [0.15, 0.2) is 0 Å². The molecule has 0 amide bonds. The molecule has 0 saturated carbocycles. The number of aliphatic hydroxyl groups excluding tert-OH is 1. The van der Waals surface area contributed by atoms with E-state index in [1.54, 1.807) is 0 Å². The number of aliphatic hydroxyl groups is 1. The van der Waals surface area contributed by atoms with Gasteiger partial charge in [0, 0.05) is 13.2 Å². The predicted molar refractivity (Wildman–Crippen MR) is 55.2 cm³/mol. The molecule has 14 heavy (non-hydrogen) atoms. The lowest BCUT2D eigenvalue weighted by atomic mass is 10.2. The number of carbonyl (C=O) groups is 1. The van der Waals surface area contributed by atoms with E-state index in [1.165, 1.54) is 0 Å². The third kappa shape index (κ3) is 8.01. The first-order valence-corrected chi connectivity index (χ1v) is 5.11. The summed E-state index contributed by atoms with van der Waals surface area (Å²) in [6.45, 7) is 5.98. The van der Waals surface area contributed by atoms with Crippen molar-refractivity contribution in [1.82, 2.24) is 4.90 Å². The largest absolute Gasteiger partial charge is 0.480 e. The highest BCUT2D eigenvalue weighted by atomic mass is 16.4. The molecule has 0 aliphatic rings. The van der Waals surface area contributed by atoms with Gasteiger partial charge in [0.15, 0.2) is 0 Å². The van der Waals surface area contributed by atoms with Crippen molar-refractivity contribution < 1.29 is 15.0 Å². The number of carboxylic acids is 1. The molecule has 0 radical (unpaired) electrons. The number of hydrogen-bond acceptors (Lipinski definition) is 3. The topological polar surface area (TPSA) is 60.8 Å². The summed E-state index contributed by atoms with van der Waals surface area (Å²) in [5.41, 5.74) is 0. The Morgan fingerprint density at radius 3 is 2.43 bits per heavy atom. The van der Waals surface area contributed by atoms with Gasteiger partial charge in [-0.2, -0.15) is 0 Å². The normalized spacial score (nSPS) is 11.2. The molecule has 0 saturated heterocycles. The van der Waals surface area contributed by atoms with Crippen LogP contribution in [0.5, 0.6) is 0 Å². The third-order valence-corrected chi connectivity index (χ3v) is 1.86. The number of aliphatic carboxylic acids is 1. The maximum Gasteiger partial charge on any atom is 0.317 e. The molecule has 4 nitrogen and oxygen atoms in total. The minimum Gasteiger partial charge on any atom is -0.480 e. The fraction of sp³-hybridized carbons (Fsp3) is 0.900. The van der Waals surface area contributed by atoms with Crippen LogP contribution in [0.3, 0.4) is 0 Å². The highest BCUT2D eigenvalue weighted by molar-refractivity contribution is 5.69. The van der Waals surface area contributed by atoms with E-state index in [2.05, 4.69) is 13.8 Å². The van der Waals surface area contributed by atoms with E-state index in [9.17, 15) is 4.79 Å². The van der Waals surface area contributed by atoms with Crippen molar-refractivity contribution in [3.8, 4) is 0 Å². The molecule has 0 unspecified atom stereocenters. The van der Waals surface area contributed by atoms with Gasteiger partial charge in [0.25, 0.3) is 0 Å². The molecular weight excluding hydrogens is 182 g/mol. The van der Waals surface area contributed by atoms with E-state index in [-0.39, 0.29) is 13.2 Å². The van der Waals surface area contributed by atoms with E-state index < -0.39 is 5.97 Å². The third-order valence-electron chi connectivity index (χ3n) is 1.86. The quantitative estimate of drug-likeness (QED) is 0.573. The van der Waals surface area contributed by atoms with Crippen LogP contribution in [-0.2, 0) is 4.79 Å². The van der Waals surface area contributed by atoms with Crippen LogP contribution in [0.2, 0.25) is 0 Å². The van der Waals surface area contributed by atoms with Crippen molar-refractivity contribution >= 4 is 5.97 Å². The average Bonchev–Trinajstić information content (AvgIpc) is 2.02. The van der Waals surface area contributed by atoms with Gasteiger partial charge in [0.1, 0.15) is 0 Å². The SMILES string of the molecule is CC(C)CN(CCCCO)CC(=O)O. The predicted octanol–water partition coefficient (Wildman–Crippen LogP) is 0.802. The molecule has 0 aliphatic carbocycles. The Morgan fingerprint density at radius 1 is 1.36 bits per heavy atom. The molecule has 0 aliphatic heterocycles. The summed E-state index contributed by atoms with van der Waals surface area (Å²) >= 11 is 0. The van der Waals surface area contributed by atoms with Gasteiger partial charge < -0.3 is 10.2 Å². The van der Waals surface area contributed by atoms with Gasteiger partial charge in [-0.3, -0.25) is 9.69 Å². The Hall–Kier alpha value is -0.610. The van der Waals surface area contributed by atoms with Crippen molar-refractivity contribution in [1.29, 1.82) is 0 Å². The summed E-state index contributed by atoms with van der Waals surface area (Å²) < 4.78 is 0. The first-order valence-electron chi connectivity index (χ1n) is 5.11. The molecule has 0 aromatic rings. The van der Waals surface area contributed by atoms with Crippen molar-refractivity contribution in [2.45, 2.75) is 26.7 Å². The zero-order valence-corrected chi connectivity index (χ0v) is 9.07. The first-order chi connectivity index (χ1) is 6.56. The first kappa shape index (κ1) is 13.4. The number of unbranched alkanes of at least 4 members (excludes halogenated alkanes) is 1. The van der Waals surface area contributed by atoms with Crippen LogP contribution in [-0.4, -0.2) is 47.3 Å². The molecule has 0 fully saturated rings. The van der Waals surface area contributed by atoms with E-state index >= 15 is 0 Å². The number of hydrogen-bond donors (Lipinski definition) is 2. The highest BCUT2D eigenvalue weighted by Gasteiger charge is 2.10. The summed E-state index contributed by atoms with van der Waals surface area (Å²) in [4.78, 5) is 12.5. The van der Waals surface area contributed by atoms with Crippen molar-refractivity contribution in [3.05, 3.63) is 0 Å². The Morgan fingerprint density at radius 2 is 2.00 bits per heavy atom. The Kier molecular flexibility index (Phi) is 7.42. The van der Waals surface area contributed by atoms with E-state index in [1.807, 2.05) is 4.90 Å². The molecule has 0 aromatic carbocycles. The van der Waals surface area contributed by atoms with Gasteiger partial charge in [-0.25, -0.2) is 0 Å². The van der Waals surface area contributed by atoms with Gasteiger partial charge in [-0.15, -0.1) is 0 Å². The molecule has 2 N–H and O–H groups in total. The van der Waals surface area contributed by atoms with Crippen LogP contribution in [0, 0.1) is 5.92 Å². The molecule has 0 aromatic heterocycles. The molecule has 0 spiro atoms. The van der Waals surface area contributed by atoms with Gasteiger partial charge in [-0.1, -0.05) is 13.8 Å². The number of rotatable bonds is 8. The maximum absolute atomic E-state index is 10.5. The van der Waals surface area contributed by atoms with E-state index in [0.29, 0.717) is 5.92 Å². The lowest BCUT2D eigenvalue weighted by Crippen LogP contribution is -2.33. The minimum absolute atomic E-state index is 0.101. The summed E-state index contributed by atoms with van der Waals surface area (Å²) in [7, 11) is 0. The molecule has 4 heteroatoms. The van der Waals surface area contributed by atoms with Crippen molar-refractivity contribution in [2.75, 3.05) is 26.2 Å². The van der Waals surface area contributed by atoms with Crippen LogP contribution >= 0.6 is 0 Å². The second-order valence-electron chi connectivity index (χ2n) is 3.95. The molecule has 0 atom stereocenters. The summed E-state index contributed by atoms with van der Waals surface area (Å²) in [6.07, 6.45) is 1.60. The van der Waals surface area contributed by atoms with Gasteiger partial charge in [0.2, 0.25) is 0 Å². The Labute approximate surface area is 85.5 Å². The lowest BCUT2D eigenvalue weighted by Gasteiger charge is -2.21. The van der Waals surface area contributed by atoms with E-state index in [4.69, 9.17) is 10.2 Å². The van der Waals surface area contributed by atoms with Gasteiger partial charge in [0.05, 0.1) is 6.54 Å². The second kappa shape index (κ2) is 7.76. The average molecular weight is 203 g/mol. The molecule has 0 heterocycles. The fourth-order valence-electron chi connectivity index (χ4n) is 1.39. The molecular formula is C10H21NO3. The Bertz CT molecular complexity index is 159. The van der Waals surface area contributed by atoms with Gasteiger partial charge in [-0.05, 0) is 25.3 Å². The second-order valence-corrected chi connectivity index (χ2v) is 3.95. The smallest absolute Gasteiger partial charge is 0.317 e. The summed E-state index contributed by atoms with van der Waals surface area (Å²) in [6, 6.07) is 0. The summed E-state index contributed by atoms with van der Waals surface area (Å²) in [5, 5.41) is 17.3. The van der Waals surface area contributed by atoms with Gasteiger partial charge >= 0.3 is 5.97 Å². The standard InChI is InChI=1S/C10H21NO3/c1-9(2)7-11(8-10(13)14)5-3-4-6-12/h9,12H,3-8H2,1-2H3,(H,13,14). The monoisotopic (exact) mass is 203 g/mol. The Balaban J connectivity index is 3.78. The van der Waals surface area contributed by atoms with Crippen molar-refractivity contribution in [2.24, 2.45) is 5.92 Å². The molecule has 0 rings (SSSR count). The minimum atomic E-state index is -0.783. The fourth-order valence-corrected chi connectivity index (χ4v) is 1.39. The lowest BCUT2D eigenvalue weighted by molar-refractivity contribution is -0.138. The van der Waals surface area contributed by atoms with Crippen LogP contribution in [0.4, 0.5) is 0 Å². The number of carboxylic acid groups (broad SMARTS) is 1.